The number of Topliss-reactive ketones (excluding diaryl/α,β-unsaturated/α-hetero) is 1. The Morgan fingerprint density at radius 2 is 2.07 bits per heavy atom. The number of nitrogens with two attached hydrogens (primary N) is 1. The zero-order valence-electron chi connectivity index (χ0n) is 14.6. The molecule has 0 radical (unpaired) electrons. The van der Waals surface area contributed by atoms with E-state index in [0.717, 1.165) is 16.9 Å². The lowest BCUT2D eigenvalue weighted by molar-refractivity contribution is 0.0697. The van der Waals surface area contributed by atoms with Crippen LogP contribution in [0.3, 0.4) is 0 Å². The molecule has 6 nitrogen and oxygen atoms in total. The zero-order valence-corrected chi connectivity index (χ0v) is 15.4. The highest BCUT2D eigenvalue weighted by atomic mass is 32.1. The minimum atomic E-state index is -1.07. The van der Waals surface area contributed by atoms with Gasteiger partial charge in [0.1, 0.15) is 5.00 Å². The molecule has 138 valence electrons. The molecule has 4 rings (SSSR count). The van der Waals surface area contributed by atoms with Crippen molar-refractivity contribution in [3.63, 3.8) is 0 Å². The van der Waals surface area contributed by atoms with Crippen LogP contribution >= 0.6 is 11.3 Å². The van der Waals surface area contributed by atoms with Gasteiger partial charge in [-0.2, -0.15) is 5.10 Å². The van der Waals surface area contributed by atoms with Crippen molar-refractivity contribution in [2.45, 2.75) is 31.2 Å². The molecule has 0 amide bonds. The molecule has 3 aromatic rings. The summed E-state index contributed by atoms with van der Waals surface area (Å²) in [5, 5.41) is 13.9. The van der Waals surface area contributed by atoms with Gasteiger partial charge in [0.2, 0.25) is 0 Å². The highest BCUT2D eigenvalue weighted by molar-refractivity contribution is 7.18. The second-order valence-corrected chi connectivity index (χ2v) is 7.80. The van der Waals surface area contributed by atoms with Crippen LogP contribution in [0.2, 0.25) is 0 Å². The van der Waals surface area contributed by atoms with Crippen molar-refractivity contribution in [3.05, 3.63) is 70.4 Å². The maximum atomic E-state index is 13.6. The van der Waals surface area contributed by atoms with Gasteiger partial charge in [-0.25, -0.2) is 4.79 Å². The summed E-state index contributed by atoms with van der Waals surface area (Å²) in [5.41, 5.74) is 6.87. The lowest BCUT2D eigenvalue weighted by atomic mass is 9.66. The summed E-state index contributed by atoms with van der Waals surface area (Å²) in [5.74, 6) is -1.10. The van der Waals surface area contributed by atoms with Crippen LogP contribution in [0, 0.1) is 0 Å². The number of aryl methyl sites for hydroxylation is 1. The number of hydrogen-bond donors (Lipinski definition) is 2. The summed E-state index contributed by atoms with van der Waals surface area (Å²) in [4.78, 5) is 25.7. The van der Waals surface area contributed by atoms with Crippen LogP contribution in [0.4, 0.5) is 5.00 Å². The Morgan fingerprint density at radius 3 is 2.74 bits per heavy atom. The van der Waals surface area contributed by atoms with Gasteiger partial charge in [-0.1, -0.05) is 30.3 Å². The molecule has 7 heteroatoms. The largest absolute Gasteiger partial charge is 0.478 e. The first-order valence-electron chi connectivity index (χ1n) is 8.75. The molecule has 27 heavy (non-hydrogen) atoms. The number of nitrogens with zero attached hydrogens (tertiary/aromatic N) is 2. The quantitative estimate of drug-likeness (QED) is 0.706. The minimum Gasteiger partial charge on any atom is -0.478 e. The molecular weight excluding hydrogens is 362 g/mol. The van der Waals surface area contributed by atoms with Gasteiger partial charge in [0.15, 0.2) is 5.78 Å². The van der Waals surface area contributed by atoms with E-state index in [4.69, 9.17) is 5.73 Å². The molecule has 1 atom stereocenters. The van der Waals surface area contributed by atoms with Crippen molar-refractivity contribution in [2.24, 2.45) is 0 Å². The van der Waals surface area contributed by atoms with E-state index in [1.54, 1.807) is 6.20 Å². The number of rotatable bonds is 5. The Bertz CT molecular complexity index is 995. The first kappa shape index (κ1) is 17.5. The molecule has 0 aliphatic heterocycles. The summed E-state index contributed by atoms with van der Waals surface area (Å²) in [6.07, 6.45) is 5.26. The van der Waals surface area contributed by atoms with E-state index in [0.29, 0.717) is 36.2 Å². The number of carboxylic acids is 1. The second kappa shape index (κ2) is 6.66. The molecule has 0 saturated heterocycles. The average molecular weight is 381 g/mol. The number of nitrogen functional groups attached to an aromatic ring is 1. The molecule has 1 aromatic carbocycles. The fraction of sp³-hybridized carbons (Fsp3) is 0.250. The Balaban J connectivity index is 1.79. The number of ketones is 1. The summed E-state index contributed by atoms with van der Waals surface area (Å²) in [6.45, 7) is 0.607. The summed E-state index contributed by atoms with van der Waals surface area (Å²) < 4.78 is 1.82. The molecule has 3 N–H and O–H groups in total. The van der Waals surface area contributed by atoms with Gasteiger partial charge in [-0.15, -0.1) is 11.3 Å². The topological polar surface area (TPSA) is 98.2 Å². The molecule has 1 unspecified atom stereocenters. The number of hydrogen-bond acceptors (Lipinski definition) is 5. The first-order valence-corrected chi connectivity index (χ1v) is 9.57. The third-order valence-electron chi connectivity index (χ3n) is 5.34. The van der Waals surface area contributed by atoms with Crippen molar-refractivity contribution in [3.8, 4) is 0 Å². The molecule has 0 bridgehead atoms. The van der Waals surface area contributed by atoms with Crippen LogP contribution in [-0.2, 0) is 18.4 Å². The Hall–Kier alpha value is -2.93. The first-order chi connectivity index (χ1) is 13.0. The summed E-state index contributed by atoms with van der Waals surface area (Å²) in [7, 11) is 0. The summed E-state index contributed by atoms with van der Waals surface area (Å²) in [6, 6.07) is 11.6. The Kier molecular flexibility index (Phi) is 4.31. The fourth-order valence-electron chi connectivity index (χ4n) is 3.96. The lowest BCUT2D eigenvalue weighted by Gasteiger charge is -2.36. The third kappa shape index (κ3) is 2.84. The van der Waals surface area contributed by atoms with Gasteiger partial charge in [-0.3, -0.25) is 9.48 Å². The number of fused-ring (bicyclic) bond motifs is 1. The molecular formula is C20H19N3O3S. The van der Waals surface area contributed by atoms with Crippen LogP contribution in [0.25, 0.3) is 0 Å². The van der Waals surface area contributed by atoms with Crippen molar-refractivity contribution in [2.75, 3.05) is 5.73 Å². The van der Waals surface area contributed by atoms with E-state index < -0.39 is 11.4 Å². The number of carbonyl (C=O) groups excluding carboxylic acids is 1. The lowest BCUT2D eigenvalue weighted by Crippen LogP contribution is -2.40. The zero-order chi connectivity index (χ0) is 19.0. The van der Waals surface area contributed by atoms with Crippen LogP contribution in [-0.4, -0.2) is 26.6 Å². The molecule has 1 aliphatic carbocycles. The highest BCUT2D eigenvalue weighted by Crippen LogP contribution is 2.46. The van der Waals surface area contributed by atoms with Crippen LogP contribution in [0.1, 0.15) is 44.0 Å². The van der Waals surface area contributed by atoms with Gasteiger partial charge in [-0.05, 0) is 36.5 Å². The molecule has 2 heterocycles. The monoisotopic (exact) mass is 381 g/mol. The number of aromatic nitrogens is 2. The van der Waals surface area contributed by atoms with Gasteiger partial charge in [0.05, 0.1) is 15.9 Å². The van der Waals surface area contributed by atoms with Gasteiger partial charge in [0.25, 0.3) is 0 Å². The predicted molar refractivity (Wildman–Crippen MR) is 103 cm³/mol. The number of carboxylic acid groups (broad SMARTS) is 1. The van der Waals surface area contributed by atoms with Crippen molar-refractivity contribution in [1.82, 2.24) is 9.78 Å². The van der Waals surface area contributed by atoms with E-state index in [1.165, 1.54) is 0 Å². The van der Waals surface area contributed by atoms with Crippen LogP contribution in [0.5, 0.6) is 0 Å². The maximum Gasteiger partial charge on any atom is 0.338 e. The van der Waals surface area contributed by atoms with E-state index in [2.05, 4.69) is 5.10 Å². The molecule has 0 spiro atoms. The van der Waals surface area contributed by atoms with E-state index in [9.17, 15) is 14.7 Å². The second-order valence-electron chi connectivity index (χ2n) is 6.75. The van der Waals surface area contributed by atoms with E-state index >= 15 is 0 Å². The molecule has 0 saturated carbocycles. The van der Waals surface area contributed by atoms with Crippen LogP contribution in [0.15, 0.2) is 48.8 Å². The summed E-state index contributed by atoms with van der Waals surface area (Å²) >= 11 is 1.10. The van der Waals surface area contributed by atoms with Gasteiger partial charge < -0.3 is 10.8 Å². The Labute approximate surface area is 160 Å². The normalized spacial score (nSPS) is 19.0. The highest BCUT2D eigenvalue weighted by Gasteiger charge is 2.46. The Morgan fingerprint density at radius 1 is 1.30 bits per heavy atom. The number of benzene rings is 1. The number of thiophene rings is 1. The van der Waals surface area contributed by atoms with Crippen molar-refractivity contribution >= 4 is 28.1 Å². The van der Waals surface area contributed by atoms with Gasteiger partial charge >= 0.3 is 5.97 Å². The number of anilines is 1. The third-order valence-corrected chi connectivity index (χ3v) is 6.40. The van der Waals surface area contributed by atoms with Crippen molar-refractivity contribution in [1.29, 1.82) is 0 Å². The molecule has 0 fully saturated rings. The van der Waals surface area contributed by atoms with E-state index in [1.807, 2.05) is 47.3 Å². The minimum absolute atomic E-state index is 0.0358. The molecule has 2 aromatic heterocycles. The average Bonchev–Trinajstić information content (AvgIpc) is 3.29. The smallest absolute Gasteiger partial charge is 0.338 e. The number of carbonyl (C=O) groups is 2. The van der Waals surface area contributed by atoms with Crippen LogP contribution < -0.4 is 5.73 Å². The predicted octanol–water partition coefficient (Wildman–Crippen LogP) is 3.38. The SMILES string of the molecule is Nc1sc2c(c1C(=O)O)CCC(CCn1cccn1)(c1ccccc1)C2=O. The standard InChI is InChI=1S/C20H19N3O3S/c21-18-15(19(25)26)14-7-8-20(17(24)16(14)27-18,13-5-2-1-3-6-13)9-12-23-11-4-10-22-23/h1-6,10-11H,7-9,12,21H2,(H,25,26). The van der Waals surface area contributed by atoms with Gasteiger partial charge in [0, 0.05) is 18.9 Å². The number of aromatic carboxylic acids is 1. The maximum absolute atomic E-state index is 13.6. The van der Waals surface area contributed by atoms with Crippen molar-refractivity contribution < 1.29 is 14.7 Å². The molecule has 1 aliphatic rings. The fourth-order valence-corrected chi connectivity index (χ4v) is 5.11. The van der Waals surface area contributed by atoms with E-state index in [-0.39, 0.29) is 16.3 Å².